The summed E-state index contributed by atoms with van der Waals surface area (Å²) in [5, 5.41) is 0. The smallest absolute Gasteiger partial charge is 0.243 e. The maximum Gasteiger partial charge on any atom is 0.243 e. The predicted molar refractivity (Wildman–Crippen MR) is 76.2 cm³/mol. The summed E-state index contributed by atoms with van der Waals surface area (Å²) in [6.07, 6.45) is 0. The van der Waals surface area contributed by atoms with E-state index in [-0.39, 0.29) is 4.90 Å². The first-order valence-electron chi connectivity index (χ1n) is 6.33. The third kappa shape index (κ3) is 2.61. The molecule has 7 heteroatoms. The van der Waals surface area contributed by atoms with Crippen LogP contribution in [0.4, 0.5) is 5.69 Å². The number of nitrogen functional groups attached to an aromatic ring is 1. The van der Waals surface area contributed by atoms with Crippen LogP contribution in [0.25, 0.3) is 0 Å². The van der Waals surface area contributed by atoms with Gasteiger partial charge in [-0.3, -0.25) is 0 Å². The van der Waals surface area contributed by atoms with Gasteiger partial charge in [-0.2, -0.15) is 4.31 Å². The van der Waals surface area contributed by atoms with E-state index in [2.05, 4.69) is 0 Å². The number of morpholine rings is 1. The average molecular weight is 300 g/mol. The van der Waals surface area contributed by atoms with Crippen molar-refractivity contribution in [2.45, 2.75) is 24.3 Å². The molecule has 20 heavy (non-hydrogen) atoms. The lowest BCUT2D eigenvalue weighted by Gasteiger charge is -2.40. The van der Waals surface area contributed by atoms with Crippen LogP contribution in [-0.2, 0) is 14.8 Å². The highest BCUT2D eigenvalue weighted by molar-refractivity contribution is 7.89. The summed E-state index contributed by atoms with van der Waals surface area (Å²) < 4.78 is 37.3. The quantitative estimate of drug-likeness (QED) is 0.845. The first-order chi connectivity index (χ1) is 9.29. The zero-order valence-corrected chi connectivity index (χ0v) is 12.7. The Labute approximate surface area is 119 Å². The van der Waals surface area contributed by atoms with E-state index in [4.69, 9.17) is 15.2 Å². The van der Waals surface area contributed by atoms with E-state index in [1.807, 2.05) is 13.8 Å². The highest BCUT2D eigenvalue weighted by Crippen LogP contribution is 2.30. The molecule has 0 radical (unpaired) electrons. The van der Waals surface area contributed by atoms with E-state index in [1.54, 1.807) is 6.07 Å². The monoisotopic (exact) mass is 300 g/mol. The van der Waals surface area contributed by atoms with Crippen molar-refractivity contribution in [3.8, 4) is 5.75 Å². The molecule has 0 spiro atoms. The van der Waals surface area contributed by atoms with Crippen molar-refractivity contribution in [2.24, 2.45) is 0 Å². The fourth-order valence-corrected chi connectivity index (χ4v) is 4.08. The molecule has 1 aromatic rings. The van der Waals surface area contributed by atoms with Gasteiger partial charge in [-0.1, -0.05) is 0 Å². The second kappa shape index (κ2) is 5.23. The second-order valence-electron chi connectivity index (χ2n) is 5.35. The number of methoxy groups -OCH3 is 1. The first kappa shape index (κ1) is 15.1. The molecule has 0 saturated carbocycles. The molecule has 1 aromatic carbocycles. The molecule has 6 nitrogen and oxygen atoms in total. The minimum Gasteiger partial charge on any atom is -0.495 e. The largest absolute Gasteiger partial charge is 0.495 e. The van der Waals surface area contributed by atoms with Gasteiger partial charge in [0, 0.05) is 6.54 Å². The highest BCUT2D eigenvalue weighted by atomic mass is 32.2. The Morgan fingerprint density at radius 1 is 1.40 bits per heavy atom. The molecule has 112 valence electrons. The van der Waals surface area contributed by atoms with E-state index in [9.17, 15) is 8.42 Å². The van der Waals surface area contributed by atoms with E-state index < -0.39 is 15.6 Å². The van der Waals surface area contributed by atoms with Gasteiger partial charge < -0.3 is 15.2 Å². The maximum atomic E-state index is 12.7. The third-order valence-corrected chi connectivity index (χ3v) is 5.47. The summed E-state index contributed by atoms with van der Waals surface area (Å²) >= 11 is 0. The van der Waals surface area contributed by atoms with Crippen LogP contribution in [0.2, 0.25) is 0 Å². The van der Waals surface area contributed by atoms with Crippen LogP contribution in [0.15, 0.2) is 23.1 Å². The number of anilines is 1. The number of benzene rings is 1. The zero-order chi connectivity index (χ0) is 15.0. The van der Waals surface area contributed by atoms with Gasteiger partial charge >= 0.3 is 0 Å². The number of nitrogens with zero attached hydrogens (tertiary/aromatic N) is 1. The fourth-order valence-electron chi connectivity index (χ4n) is 2.29. The molecule has 1 aliphatic heterocycles. The summed E-state index contributed by atoms with van der Waals surface area (Å²) in [5.41, 5.74) is 5.52. The van der Waals surface area contributed by atoms with E-state index in [0.29, 0.717) is 31.2 Å². The molecular formula is C13H20N2O4S. The molecule has 1 fully saturated rings. The Hall–Kier alpha value is -1.31. The van der Waals surface area contributed by atoms with Gasteiger partial charge in [0.15, 0.2) is 0 Å². The molecule has 2 N–H and O–H groups in total. The van der Waals surface area contributed by atoms with Crippen molar-refractivity contribution in [3.63, 3.8) is 0 Å². The average Bonchev–Trinajstić information content (AvgIpc) is 2.37. The minimum absolute atomic E-state index is 0.172. The third-order valence-electron chi connectivity index (χ3n) is 3.36. The molecule has 0 atom stereocenters. The van der Waals surface area contributed by atoms with Crippen LogP contribution < -0.4 is 10.5 Å². The number of nitrogens with two attached hydrogens (primary N) is 1. The standard InChI is InChI=1S/C13H20N2O4S/c1-13(2)9-19-7-6-15(13)20(16,17)10-4-5-12(18-3)11(14)8-10/h4-5,8H,6-7,9,14H2,1-3H3. The Morgan fingerprint density at radius 2 is 2.10 bits per heavy atom. The van der Waals surface area contributed by atoms with Gasteiger partial charge in [-0.25, -0.2) is 8.42 Å². The van der Waals surface area contributed by atoms with Crippen LogP contribution in [0, 0.1) is 0 Å². The van der Waals surface area contributed by atoms with Crippen molar-refractivity contribution >= 4 is 15.7 Å². The predicted octanol–water partition coefficient (Wildman–Crippen LogP) is 1.08. The first-order valence-corrected chi connectivity index (χ1v) is 7.77. The van der Waals surface area contributed by atoms with Gasteiger partial charge in [0.1, 0.15) is 5.75 Å². The van der Waals surface area contributed by atoms with E-state index in [1.165, 1.54) is 23.5 Å². The van der Waals surface area contributed by atoms with Gasteiger partial charge in [0.25, 0.3) is 0 Å². The lowest BCUT2D eigenvalue weighted by atomic mass is 10.1. The van der Waals surface area contributed by atoms with Crippen molar-refractivity contribution in [1.29, 1.82) is 0 Å². The summed E-state index contributed by atoms with van der Waals surface area (Å²) in [5.74, 6) is 0.463. The molecule has 1 aliphatic rings. The van der Waals surface area contributed by atoms with Gasteiger partial charge in [-0.05, 0) is 32.0 Å². The molecule has 2 rings (SSSR count). The van der Waals surface area contributed by atoms with Gasteiger partial charge in [-0.15, -0.1) is 0 Å². The molecule has 1 heterocycles. The summed E-state index contributed by atoms with van der Waals surface area (Å²) in [6, 6.07) is 4.51. The summed E-state index contributed by atoms with van der Waals surface area (Å²) in [7, 11) is -2.11. The van der Waals surface area contributed by atoms with Crippen molar-refractivity contribution in [1.82, 2.24) is 4.31 Å². The topological polar surface area (TPSA) is 81.9 Å². The SMILES string of the molecule is COc1ccc(S(=O)(=O)N2CCOCC2(C)C)cc1N. The van der Waals surface area contributed by atoms with Crippen molar-refractivity contribution in [2.75, 3.05) is 32.6 Å². The molecule has 1 saturated heterocycles. The number of hydrogen-bond acceptors (Lipinski definition) is 5. The highest BCUT2D eigenvalue weighted by Gasteiger charge is 2.39. The Morgan fingerprint density at radius 3 is 2.65 bits per heavy atom. The Bertz CT molecular complexity index is 598. The lowest BCUT2D eigenvalue weighted by Crippen LogP contribution is -2.55. The normalized spacial score (nSPS) is 19.8. The second-order valence-corrected chi connectivity index (χ2v) is 7.21. The number of sulfonamides is 1. The van der Waals surface area contributed by atoms with E-state index >= 15 is 0 Å². The molecule has 0 unspecified atom stereocenters. The van der Waals surface area contributed by atoms with Crippen molar-refractivity contribution in [3.05, 3.63) is 18.2 Å². The summed E-state index contributed by atoms with van der Waals surface area (Å²) in [6.45, 7) is 4.79. The number of ether oxygens (including phenoxy) is 2. The van der Waals surface area contributed by atoms with Crippen molar-refractivity contribution < 1.29 is 17.9 Å². The van der Waals surface area contributed by atoms with Gasteiger partial charge in [0.2, 0.25) is 10.0 Å². The number of hydrogen-bond donors (Lipinski definition) is 1. The zero-order valence-electron chi connectivity index (χ0n) is 11.9. The Kier molecular flexibility index (Phi) is 3.95. The molecule has 0 bridgehead atoms. The lowest BCUT2D eigenvalue weighted by molar-refractivity contribution is -0.00770. The molecular weight excluding hydrogens is 280 g/mol. The van der Waals surface area contributed by atoms with Crippen LogP contribution in [0.1, 0.15) is 13.8 Å². The van der Waals surface area contributed by atoms with Crippen LogP contribution in [-0.4, -0.2) is 45.1 Å². The fraction of sp³-hybridized carbons (Fsp3) is 0.538. The van der Waals surface area contributed by atoms with Gasteiger partial charge in [0.05, 0.1) is 36.4 Å². The molecule has 0 aliphatic carbocycles. The number of rotatable bonds is 3. The molecule has 0 amide bonds. The maximum absolute atomic E-state index is 12.7. The minimum atomic E-state index is -3.60. The van der Waals surface area contributed by atoms with Crippen LogP contribution in [0.3, 0.4) is 0 Å². The van der Waals surface area contributed by atoms with E-state index in [0.717, 1.165) is 0 Å². The Balaban J connectivity index is 2.42. The molecule has 0 aromatic heterocycles. The van der Waals surface area contributed by atoms with Crippen LogP contribution in [0.5, 0.6) is 5.75 Å². The van der Waals surface area contributed by atoms with Crippen LogP contribution >= 0.6 is 0 Å². The summed E-state index contributed by atoms with van der Waals surface area (Å²) in [4.78, 5) is 0.172.